The zero-order valence-corrected chi connectivity index (χ0v) is 11.2. The number of likely N-dealkylation sites (tertiary alicyclic amines) is 1. The number of aliphatic hydroxyl groups excluding tert-OH is 1. The molecule has 20 heavy (non-hydrogen) atoms. The van der Waals surface area contributed by atoms with Crippen LogP contribution in [-0.4, -0.2) is 51.4 Å². The highest BCUT2D eigenvalue weighted by atomic mass is 16.3. The number of piperidine rings is 1. The Morgan fingerprint density at radius 3 is 2.80 bits per heavy atom. The first-order valence-electron chi connectivity index (χ1n) is 6.70. The highest BCUT2D eigenvalue weighted by Crippen LogP contribution is 2.25. The lowest BCUT2D eigenvalue weighted by molar-refractivity contribution is -0.135. The Bertz CT molecular complexity index is 492. The second kappa shape index (κ2) is 6.11. The number of hydrogen-bond donors (Lipinski definition) is 4. The molecule has 5 N–H and O–H groups in total. The number of amides is 1. The molecule has 2 rings (SSSR count). The number of carbonyl (C=O) groups excluding carboxylic acids is 1. The zero-order valence-electron chi connectivity index (χ0n) is 11.2. The molecule has 1 fully saturated rings. The maximum absolute atomic E-state index is 12.2. The van der Waals surface area contributed by atoms with E-state index in [1.165, 1.54) is 12.1 Å². The SMILES string of the molecule is N[C@@H](Cc1ccc(O)c(O)c1)C(=O)N1CCCC(O)C1. The number of benzene rings is 1. The minimum Gasteiger partial charge on any atom is -0.504 e. The molecule has 0 bridgehead atoms. The van der Waals surface area contributed by atoms with E-state index in [1.807, 2.05) is 0 Å². The number of nitrogens with two attached hydrogens (primary N) is 1. The Labute approximate surface area is 117 Å². The van der Waals surface area contributed by atoms with E-state index < -0.39 is 12.1 Å². The molecule has 1 aromatic rings. The lowest BCUT2D eigenvalue weighted by Gasteiger charge is -2.32. The van der Waals surface area contributed by atoms with Gasteiger partial charge in [0.2, 0.25) is 5.91 Å². The molecule has 1 aliphatic rings. The second-order valence-electron chi connectivity index (χ2n) is 5.21. The van der Waals surface area contributed by atoms with Gasteiger partial charge in [-0.1, -0.05) is 6.07 Å². The summed E-state index contributed by atoms with van der Waals surface area (Å²) >= 11 is 0. The Kier molecular flexibility index (Phi) is 4.46. The summed E-state index contributed by atoms with van der Waals surface area (Å²) in [6.07, 6.45) is 1.29. The van der Waals surface area contributed by atoms with E-state index in [-0.39, 0.29) is 23.8 Å². The van der Waals surface area contributed by atoms with Crippen molar-refractivity contribution in [2.24, 2.45) is 5.73 Å². The molecule has 6 heteroatoms. The highest BCUT2D eigenvalue weighted by molar-refractivity contribution is 5.82. The number of phenolic OH excluding ortho intramolecular Hbond substituents is 2. The van der Waals surface area contributed by atoms with E-state index in [0.717, 1.165) is 6.42 Å². The van der Waals surface area contributed by atoms with Crippen molar-refractivity contribution in [1.29, 1.82) is 0 Å². The summed E-state index contributed by atoms with van der Waals surface area (Å²) in [7, 11) is 0. The van der Waals surface area contributed by atoms with Crippen molar-refractivity contribution in [3.63, 3.8) is 0 Å². The van der Waals surface area contributed by atoms with Gasteiger partial charge in [-0.15, -0.1) is 0 Å². The van der Waals surface area contributed by atoms with Crippen molar-refractivity contribution in [1.82, 2.24) is 4.90 Å². The van der Waals surface area contributed by atoms with Gasteiger partial charge in [-0.25, -0.2) is 0 Å². The molecule has 0 saturated carbocycles. The van der Waals surface area contributed by atoms with Gasteiger partial charge in [-0.2, -0.15) is 0 Å². The Balaban J connectivity index is 1.98. The molecule has 0 radical (unpaired) electrons. The molecule has 1 amide bonds. The number of β-amino-alcohol motifs (C(OH)–C–C–N with tert-alkyl or cyclic N) is 1. The third kappa shape index (κ3) is 3.40. The lowest BCUT2D eigenvalue weighted by atomic mass is 10.0. The van der Waals surface area contributed by atoms with Crippen LogP contribution in [0.5, 0.6) is 11.5 Å². The van der Waals surface area contributed by atoms with Crippen LogP contribution >= 0.6 is 0 Å². The molecule has 110 valence electrons. The number of carbonyl (C=O) groups is 1. The van der Waals surface area contributed by atoms with Crippen molar-refractivity contribution in [3.05, 3.63) is 23.8 Å². The Morgan fingerprint density at radius 2 is 2.15 bits per heavy atom. The summed E-state index contributed by atoms with van der Waals surface area (Å²) < 4.78 is 0. The van der Waals surface area contributed by atoms with Crippen LogP contribution in [-0.2, 0) is 11.2 Å². The van der Waals surface area contributed by atoms with Crippen molar-refractivity contribution in [2.75, 3.05) is 13.1 Å². The normalized spacial score (nSPS) is 20.7. The summed E-state index contributed by atoms with van der Waals surface area (Å²) in [5, 5.41) is 28.2. The fourth-order valence-electron chi connectivity index (χ4n) is 2.43. The second-order valence-corrected chi connectivity index (χ2v) is 5.21. The van der Waals surface area contributed by atoms with Crippen molar-refractivity contribution < 1.29 is 20.1 Å². The smallest absolute Gasteiger partial charge is 0.239 e. The van der Waals surface area contributed by atoms with Gasteiger partial charge >= 0.3 is 0 Å². The Hall–Kier alpha value is -1.79. The summed E-state index contributed by atoms with van der Waals surface area (Å²) in [5.41, 5.74) is 6.58. The molecule has 1 saturated heterocycles. The fourth-order valence-corrected chi connectivity index (χ4v) is 2.43. The predicted octanol–water partition coefficient (Wildman–Crippen LogP) is -0.0491. The topological polar surface area (TPSA) is 107 Å². The molecule has 1 aromatic carbocycles. The summed E-state index contributed by atoms with van der Waals surface area (Å²) in [6.45, 7) is 0.942. The number of hydrogen-bond acceptors (Lipinski definition) is 5. The first-order valence-corrected chi connectivity index (χ1v) is 6.70. The molecule has 2 atom stereocenters. The first-order chi connectivity index (χ1) is 9.47. The number of nitrogens with zero attached hydrogens (tertiary/aromatic N) is 1. The Morgan fingerprint density at radius 1 is 1.40 bits per heavy atom. The van der Waals surface area contributed by atoms with Crippen LogP contribution in [0.1, 0.15) is 18.4 Å². The number of aliphatic hydroxyl groups is 1. The van der Waals surface area contributed by atoms with Gasteiger partial charge in [0.25, 0.3) is 0 Å². The van der Waals surface area contributed by atoms with Gasteiger partial charge < -0.3 is 26.0 Å². The number of phenols is 2. The highest BCUT2D eigenvalue weighted by Gasteiger charge is 2.26. The van der Waals surface area contributed by atoms with Crippen molar-refractivity contribution in [3.8, 4) is 11.5 Å². The first kappa shape index (κ1) is 14.6. The van der Waals surface area contributed by atoms with E-state index in [2.05, 4.69) is 0 Å². The quantitative estimate of drug-likeness (QED) is 0.581. The van der Waals surface area contributed by atoms with Crippen LogP contribution in [0.15, 0.2) is 18.2 Å². The van der Waals surface area contributed by atoms with Gasteiger partial charge in [0.05, 0.1) is 12.1 Å². The minimum absolute atomic E-state index is 0.198. The maximum Gasteiger partial charge on any atom is 0.239 e. The van der Waals surface area contributed by atoms with Crippen LogP contribution in [0.3, 0.4) is 0 Å². The number of rotatable bonds is 3. The molecule has 0 aliphatic carbocycles. The van der Waals surface area contributed by atoms with Crippen LogP contribution in [0.2, 0.25) is 0 Å². The van der Waals surface area contributed by atoms with E-state index in [4.69, 9.17) is 5.73 Å². The van der Waals surface area contributed by atoms with Crippen LogP contribution < -0.4 is 5.73 Å². The van der Waals surface area contributed by atoms with Crippen LogP contribution in [0.4, 0.5) is 0 Å². The molecule has 0 aromatic heterocycles. The van der Waals surface area contributed by atoms with Gasteiger partial charge in [-0.05, 0) is 37.0 Å². The van der Waals surface area contributed by atoms with Crippen LogP contribution in [0, 0.1) is 0 Å². The van der Waals surface area contributed by atoms with Crippen molar-refractivity contribution >= 4 is 5.91 Å². The average Bonchev–Trinajstić information content (AvgIpc) is 2.42. The average molecular weight is 280 g/mol. The predicted molar refractivity (Wildman–Crippen MR) is 73.3 cm³/mol. The summed E-state index contributed by atoms with van der Waals surface area (Å²) in [6, 6.07) is 3.66. The summed E-state index contributed by atoms with van der Waals surface area (Å²) in [5.74, 6) is -0.625. The van der Waals surface area contributed by atoms with Gasteiger partial charge in [0.15, 0.2) is 11.5 Å². The molecular formula is C14H20N2O4. The zero-order chi connectivity index (χ0) is 14.7. The third-order valence-corrected chi connectivity index (χ3v) is 3.52. The fraction of sp³-hybridized carbons (Fsp3) is 0.500. The van der Waals surface area contributed by atoms with E-state index in [0.29, 0.717) is 25.1 Å². The molecule has 1 unspecified atom stereocenters. The molecule has 6 nitrogen and oxygen atoms in total. The third-order valence-electron chi connectivity index (χ3n) is 3.52. The van der Waals surface area contributed by atoms with E-state index >= 15 is 0 Å². The van der Waals surface area contributed by atoms with Gasteiger partial charge in [0, 0.05) is 13.1 Å². The summed E-state index contributed by atoms with van der Waals surface area (Å²) in [4.78, 5) is 13.8. The van der Waals surface area contributed by atoms with Crippen molar-refractivity contribution in [2.45, 2.75) is 31.4 Å². The number of aromatic hydroxyl groups is 2. The van der Waals surface area contributed by atoms with Crippen LogP contribution in [0.25, 0.3) is 0 Å². The monoisotopic (exact) mass is 280 g/mol. The molecule has 1 heterocycles. The minimum atomic E-state index is -0.718. The van der Waals surface area contributed by atoms with E-state index in [9.17, 15) is 20.1 Å². The maximum atomic E-state index is 12.2. The molecule has 1 aliphatic heterocycles. The lowest BCUT2D eigenvalue weighted by Crippen LogP contribution is -2.50. The standard InChI is InChI=1S/C14H20N2O4/c15-11(6-9-3-4-12(18)13(19)7-9)14(20)16-5-1-2-10(17)8-16/h3-4,7,10-11,17-19H,1-2,5-6,8,15H2/t10?,11-/m0/s1. The molecule has 0 spiro atoms. The van der Waals surface area contributed by atoms with Gasteiger partial charge in [0.1, 0.15) is 0 Å². The van der Waals surface area contributed by atoms with Gasteiger partial charge in [-0.3, -0.25) is 4.79 Å². The molecular weight excluding hydrogens is 260 g/mol. The van der Waals surface area contributed by atoms with E-state index in [1.54, 1.807) is 11.0 Å². The largest absolute Gasteiger partial charge is 0.504 e.